The van der Waals surface area contributed by atoms with Gasteiger partial charge >= 0.3 is 5.97 Å². The van der Waals surface area contributed by atoms with Crippen molar-refractivity contribution < 1.29 is 14.7 Å². The van der Waals surface area contributed by atoms with Crippen molar-refractivity contribution in [3.8, 4) is 0 Å². The molecule has 0 bridgehead atoms. The Morgan fingerprint density at radius 2 is 2.17 bits per heavy atom. The van der Waals surface area contributed by atoms with Gasteiger partial charge in [0.1, 0.15) is 5.82 Å². The molecule has 0 aliphatic carbocycles. The standard InChI is InChI=1S/C17H17N3O3/c1-9-11(5-6-15(21)22)10(2)19-14(9)8-13-12-4-3-7-18-16(12)20-17(13)23/h3-4,7-8,19H,5-6H2,1-2H3,(H,21,22)(H,18,20,23). The number of fused-ring (bicyclic) bond motifs is 1. The van der Waals surface area contributed by atoms with E-state index in [1.165, 1.54) is 0 Å². The summed E-state index contributed by atoms with van der Waals surface area (Å²) in [4.78, 5) is 30.3. The van der Waals surface area contributed by atoms with Gasteiger partial charge in [0.25, 0.3) is 5.91 Å². The van der Waals surface area contributed by atoms with Crippen LogP contribution in [-0.4, -0.2) is 27.0 Å². The summed E-state index contributed by atoms with van der Waals surface area (Å²) >= 11 is 0. The van der Waals surface area contributed by atoms with Gasteiger partial charge in [-0.05, 0) is 49.6 Å². The van der Waals surface area contributed by atoms with Crippen LogP contribution in [0.5, 0.6) is 0 Å². The Hall–Kier alpha value is -2.89. The lowest BCUT2D eigenvalue weighted by Gasteiger charge is -2.00. The van der Waals surface area contributed by atoms with Gasteiger partial charge in [-0.3, -0.25) is 9.59 Å². The third-order valence-electron chi connectivity index (χ3n) is 4.08. The fourth-order valence-electron chi connectivity index (χ4n) is 2.87. The zero-order valence-corrected chi connectivity index (χ0v) is 12.9. The molecule has 0 radical (unpaired) electrons. The van der Waals surface area contributed by atoms with Crippen LogP contribution in [0.3, 0.4) is 0 Å². The lowest BCUT2D eigenvalue weighted by Crippen LogP contribution is -2.04. The highest BCUT2D eigenvalue weighted by atomic mass is 16.4. The van der Waals surface area contributed by atoms with E-state index in [4.69, 9.17) is 5.11 Å². The number of nitrogens with zero attached hydrogens (tertiary/aromatic N) is 1. The van der Waals surface area contributed by atoms with Gasteiger partial charge in [-0.25, -0.2) is 4.98 Å². The van der Waals surface area contributed by atoms with Gasteiger partial charge in [-0.15, -0.1) is 0 Å². The number of carboxylic acids is 1. The minimum absolute atomic E-state index is 0.0861. The second-order valence-electron chi connectivity index (χ2n) is 5.57. The predicted molar refractivity (Wildman–Crippen MR) is 87.0 cm³/mol. The number of pyridine rings is 1. The average Bonchev–Trinajstić information content (AvgIpc) is 2.95. The van der Waals surface area contributed by atoms with E-state index in [0.29, 0.717) is 17.8 Å². The van der Waals surface area contributed by atoms with Gasteiger partial charge < -0.3 is 15.4 Å². The molecule has 118 valence electrons. The third kappa shape index (κ3) is 2.75. The maximum Gasteiger partial charge on any atom is 0.303 e. The molecule has 0 aromatic carbocycles. The second kappa shape index (κ2) is 5.72. The molecule has 0 unspecified atom stereocenters. The van der Waals surface area contributed by atoms with Gasteiger partial charge in [0.05, 0.1) is 5.57 Å². The topological polar surface area (TPSA) is 95.1 Å². The summed E-state index contributed by atoms with van der Waals surface area (Å²) in [6.07, 6.45) is 3.99. The van der Waals surface area contributed by atoms with Crippen LogP contribution < -0.4 is 5.32 Å². The van der Waals surface area contributed by atoms with Crippen LogP contribution in [-0.2, 0) is 16.0 Å². The molecule has 0 spiro atoms. The predicted octanol–water partition coefficient (Wildman–Crippen LogP) is 2.54. The van der Waals surface area contributed by atoms with Crippen molar-refractivity contribution >= 4 is 29.3 Å². The molecule has 23 heavy (non-hydrogen) atoms. The van der Waals surface area contributed by atoms with E-state index < -0.39 is 5.97 Å². The van der Waals surface area contributed by atoms with Crippen LogP contribution in [0, 0.1) is 13.8 Å². The van der Waals surface area contributed by atoms with Crippen LogP contribution in [0.1, 0.15) is 34.5 Å². The second-order valence-corrected chi connectivity index (χ2v) is 5.57. The summed E-state index contributed by atoms with van der Waals surface area (Å²) in [7, 11) is 0. The molecule has 0 atom stereocenters. The molecule has 3 heterocycles. The van der Waals surface area contributed by atoms with Gasteiger partial charge in [0.15, 0.2) is 0 Å². The monoisotopic (exact) mass is 311 g/mol. The Bertz CT molecular complexity index is 834. The van der Waals surface area contributed by atoms with Crippen molar-refractivity contribution in [1.29, 1.82) is 0 Å². The zero-order valence-electron chi connectivity index (χ0n) is 12.9. The van der Waals surface area contributed by atoms with E-state index in [2.05, 4.69) is 15.3 Å². The van der Waals surface area contributed by atoms with E-state index in [0.717, 1.165) is 28.1 Å². The molecule has 0 saturated heterocycles. The van der Waals surface area contributed by atoms with E-state index in [1.807, 2.05) is 19.9 Å². The van der Waals surface area contributed by atoms with Gasteiger partial charge in [-0.1, -0.05) is 0 Å². The molecule has 2 aromatic rings. The van der Waals surface area contributed by atoms with Crippen molar-refractivity contribution in [3.05, 3.63) is 46.4 Å². The Kier molecular flexibility index (Phi) is 3.73. The summed E-state index contributed by atoms with van der Waals surface area (Å²) in [5.41, 5.74) is 5.05. The number of hydrogen-bond acceptors (Lipinski definition) is 3. The summed E-state index contributed by atoms with van der Waals surface area (Å²) in [6, 6.07) is 3.64. The molecule has 0 fully saturated rings. The quantitative estimate of drug-likeness (QED) is 0.756. The number of amides is 1. The molecule has 1 aliphatic rings. The lowest BCUT2D eigenvalue weighted by atomic mass is 10.0. The Balaban J connectivity index is 1.99. The van der Waals surface area contributed by atoms with Crippen molar-refractivity contribution in [2.24, 2.45) is 0 Å². The van der Waals surface area contributed by atoms with E-state index in [1.54, 1.807) is 18.3 Å². The van der Waals surface area contributed by atoms with Gasteiger partial charge in [0, 0.05) is 29.6 Å². The summed E-state index contributed by atoms with van der Waals surface area (Å²) < 4.78 is 0. The van der Waals surface area contributed by atoms with Crippen molar-refractivity contribution in [1.82, 2.24) is 9.97 Å². The third-order valence-corrected chi connectivity index (χ3v) is 4.08. The Morgan fingerprint density at radius 3 is 2.91 bits per heavy atom. The van der Waals surface area contributed by atoms with Gasteiger partial charge in [-0.2, -0.15) is 0 Å². The highest BCUT2D eigenvalue weighted by Crippen LogP contribution is 2.32. The fraction of sp³-hybridized carbons (Fsp3) is 0.235. The molecule has 6 nitrogen and oxygen atoms in total. The zero-order chi connectivity index (χ0) is 16.6. The fourth-order valence-corrected chi connectivity index (χ4v) is 2.87. The summed E-state index contributed by atoms with van der Waals surface area (Å²) in [6.45, 7) is 3.85. The number of rotatable bonds is 4. The summed E-state index contributed by atoms with van der Waals surface area (Å²) in [5, 5.41) is 11.6. The molecule has 0 saturated carbocycles. The SMILES string of the molecule is Cc1[nH]c(C=C2C(=O)Nc3ncccc32)c(C)c1CCC(=O)O. The number of aromatic nitrogens is 2. The van der Waals surface area contributed by atoms with Gasteiger partial charge in [0.2, 0.25) is 0 Å². The molecular weight excluding hydrogens is 294 g/mol. The number of aromatic amines is 1. The van der Waals surface area contributed by atoms with Crippen molar-refractivity contribution in [3.63, 3.8) is 0 Å². The van der Waals surface area contributed by atoms with Crippen LogP contribution in [0.15, 0.2) is 18.3 Å². The molecule has 3 rings (SSSR count). The van der Waals surface area contributed by atoms with Crippen LogP contribution in [0.2, 0.25) is 0 Å². The molecule has 3 N–H and O–H groups in total. The number of carboxylic acid groups (broad SMARTS) is 1. The first kappa shape index (κ1) is 15.0. The highest BCUT2D eigenvalue weighted by Gasteiger charge is 2.25. The van der Waals surface area contributed by atoms with Crippen LogP contribution >= 0.6 is 0 Å². The number of carbonyl (C=O) groups is 2. The van der Waals surface area contributed by atoms with Crippen LogP contribution in [0.25, 0.3) is 11.6 Å². The number of H-pyrrole nitrogens is 1. The Labute approximate surface area is 133 Å². The lowest BCUT2D eigenvalue weighted by molar-refractivity contribution is -0.137. The maximum atomic E-state index is 12.1. The molecule has 6 heteroatoms. The Morgan fingerprint density at radius 1 is 1.39 bits per heavy atom. The number of aliphatic carboxylic acids is 1. The normalized spacial score (nSPS) is 14.9. The average molecular weight is 311 g/mol. The molecule has 2 aromatic heterocycles. The minimum Gasteiger partial charge on any atom is -0.481 e. The minimum atomic E-state index is -0.819. The number of carbonyl (C=O) groups excluding carboxylic acids is 1. The first-order valence-corrected chi connectivity index (χ1v) is 7.35. The van der Waals surface area contributed by atoms with E-state index in [-0.39, 0.29) is 12.3 Å². The first-order valence-electron chi connectivity index (χ1n) is 7.35. The molecular formula is C17H17N3O3. The molecule has 1 amide bonds. The van der Waals surface area contributed by atoms with Crippen molar-refractivity contribution in [2.45, 2.75) is 26.7 Å². The number of aryl methyl sites for hydroxylation is 1. The highest BCUT2D eigenvalue weighted by molar-refractivity contribution is 6.34. The smallest absolute Gasteiger partial charge is 0.303 e. The maximum absolute atomic E-state index is 12.1. The first-order chi connectivity index (χ1) is 11.0. The van der Waals surface area contributed by atoms with Crippen molar-refractivity contribution in [2.75, 3.05) is 5.32 Å². The number of hydrogen-bond donors (Lipinski definition) is 3. The molecule has 1 aliphatic heterocycles. The summed E-state index contributed by atoms with van der Waals surface area (Å²) in [5.74, 6) is -0.437. The van der Waals surface area contributed by atoms with E-state index in [9.17, 15) is 9.59 Å². The number of nitrogens with one attached hydrogen (secondary N) is 2. The number of anilines is 1. The van der Waals surface area contributed by atoms with Crippen LogP contribution in [0.4, 0.5) is 5.82 Å². The largest absolute Gasteiger partial charge is 0.481 e. The van der Waals surface area contributed by atoms with E-state index >= 15 is 0 Å².